The van der Waals surface area contributed by atoms with E-state index >= 15 is 0 Å². The van der Waals surface area contributed by atoms with Gasteiger partial charge in [0, 0.05) is 29.8 Å². The minimum atomic E-state index is -0.752. The van der Waals surface area contributed by atoms with Crippen molar-refractivity contribution in [1.82, 2.24) is 5.32 Å². The van der Waals surface area contributed by atoms with E-state index in [9.17, 15) is 14.7 Å². The van der Waals surface area contributed by atoms with Crippen LogP contribution in [0.15, 0.2) is 39.7 Å². The lowest BCUT2D eigenvalue weighted by Gasteiger charge is -2.12. The van der Waals surface area contributed by atoms with Crippen molar-refractivity contribution in [3.05, 3.63) is 57.1 Å². The highest BCUT2D eigenvalue weighted by Gasteiger charge is 2.24. The van der Waals surface area contributed by atoms with Crippen molar-refractivity contribution in [1.29, 1.82) is 0 Å². The maximum Gasteiger partial charge on any atom is 0.350 e. The zero-order valence-electron chi connectivity index (χ0n) is 21.0. The predicted octanol–water partition coefficient (Wildman–Crippen LogP) is 5.05. The Morgan fingerprint density at radius 3 is 2.35 bits per heavy atom. The van der Waals surface area contributed by atoms with Gasteiger partial charge in [-0.2, -0.15) is 0 Å². The van der Waals surface area contributed by atoms with Crippen LogP contribution in [0.3, 0.4) is 0 Å². The van der Waals surface area contributed by atoms with Gasteiger partial charge in [-0.3, -0.25) is 9.59 Å². The lowest BCUT2D eigenvalue weighted by Crippen LogP contribution is -2.20. The second-order valence-electron chi connectivity index (χ2n) is 7.44. The maximum absolute atomic E-state index is 12.1. The molecule has 34 heavy (non-hydrogen) atoms. The summed E-state index contributed by atoms with van der Waals surface area (Å²) < 4.78 is 14.1. The zero-order valence-corrected chi connectivity index (χ0v) is 21.9. The normalized spacial score (nSPS) is 11.9. The Labute approximate surface area is 205 Å². The van der Waals surface area contributed by atoms with E-state index < -0.39 is 5.63 Å². The van der Waals surface area contributed by atoms with Crippen molar-refractivity contribution in [3.63, 3.8) is 0 Å². The number of hydrogen-bond acceptors (Lipinski definition) is 9. The molecule has 0 aromatic carbocycles. The number of allylic oxidation sites excluding steroid dienone is 1. The molecule has 0 aliphatic rings. The Morgan fingerprint density at radius 2 is 1.94 bits per heavy atom. The highest BCUT2D eigenvalue weighted by molar-refractivity contribution is 7.13. The van der Waals surface area contributed by atoms with Crippen LogP contribution in [0.25, 0.3) is 0 Å². The average molecular weight is 496 g/mol. The predicted molar refractivity (Wildman–Crippen MR) is 135 cm³/mol. The number of nitrogens with one attached hydrogen (secondary N) is 1. The summed E-state index contributed by atoms with van der Waals surface area (Å²) in [4.78, 5) is 34.4. The lowest BCUT2D eigenvalue weighted by atomic mass is 9.96. The quantitative estimate of drug-likeness (QED) is 0.348. The molecule has 9 heteroatoms. The molecule has 0 aliphatic carbocycles. The minimum Gasteiger partial charge on any atom is -0.507 e. The van der Waals surface area contributed by atoms with Crippen LogP contribution in [0.1, 0.15) is 66.9 Å². The first-order valence-electron chi connectivity index (χ1n) is 11.0. The molecule has 2 rings (SSSR count). The molecule has 2 unspecified atom stereocenters. The fourth-order valence-electron chi connectivity index (χ4n) is 2.61. The first-order valence-corrected chi connectivity index (χ1v) is 11.8. The molecule has 2 N–H and O–H groups in total. The summed E-state index contributed by atoms with van der Waals surface area (Å²) >= 11 is 1.67. The molecular formula is C25H37NO7S. The molecule has 190 valence electrons. The number of Topliss-reactive ketones (excluding diaryl/α,β-unsaturated/α-hetero) is 1. The number of thiophene rings is 1. The van der Waals surface area contributed by atoms with E-state index in [1.54, 1.807) is 25.4 Å². The fourth-order valence-corrected chi connectivity index (χ4v) is 3.28. The summed E-state index contributed by atoms with van der Waals surface area (Å²) in [6.07, 6.45) is 6.02. The lowest BCUT2D eigenvalue weighted by molar-refractivity contribution is -0.126. The SMILES string of the molecule is CCC(C)C(=O)c1c(O)cc(C(C)CC/C=C/NC)oc1=O.COC=O.COc1ccc(C)s1. The number of methoxy groups -OCH3 is 2. The van der Waals surface area contributed by atoms with Crippen LogP contribution < -0.4 is 15.7 Å². The molecule has 0 amide bonds. The third kappa shape index (κ3) is 11.2. The Morgan fingerprint density at radius 1 is 1.29 bits per heavy atom. The fraction of sp³-hybridized carbons (Fsp3) is 0.480. The van der Waals surface area contributed by atoms with Gasteiger partial charge in [0.2, 0.25) is 0 Å². The van der Waals surface area contributed by atoms with Gasteiger partial charge in [-0.1, -0.05) is 26.8 Å². The van der Waals surface area contributed by atoms with Crippen LogP contribution in [0.5, 0.6) is 10.8 Å². The van der Waals surface area contributed by atoms with Gasteiger partial charge in [0.05, 0.1) is 14.2 Å². The highest BCUT2D eigenvalue weighted by atomic mass is 32.1. The summed E-state index contributed by atoms with van der Waals surface area (Å²) in [6.45, 7) is 7.94. The van der Waals surface area contributed by atoms with E-state index in [1.165, 1.54) is 18.1 Å². The molecule has 2 aromatic heterocycles. The molecular weight excluding hydrogens is 458 g/mol. The summed E-state index contributed by atoms with van der Waals surface area (Å²) in [6, 6.07) is 5.41. The van der Waals surface area contributed by atoms with Crippen LogP contribution in [-0.4, -0.2) is 38.6 Å². The largest absolute Gasteiger partial charge is 0.507 e. The summed E-state index contributed by atoms with van der Waals surface area (Å²) in [5.41, 5.74) is -0.988. The van der Waals surface area contributed by atoms with E-state index in [2.05, 4.69) is 17.0 Å². The second-order valence-corrected chi connectivity index (χ2v) is 8.69. The first kappa shape index (κ1) is 30.9. The van der Waals surface area contributed by atoms with E-state index in [4.69, 9.17) is 13.9 Å². The third-order valence-corrected chi connectivity index (χ3v) is 5.77. The summed E-state index contributed by atoms with van der Waals surface area (Å²) in [5, 5.41) is 13.9. The highest BCUT2D eigenvalue weighted by Crippen LogP contribution is 2.26. The van der Waals surface area contributed by atoms with Gasteiger partial charge in [0.1, 0.15) is 17.1 Å². The molecule has 8 nitrogen and oxygen atoms in total. The van der Waals surface area contributed by atoms with Crippen molar-refractivity contribution in [3.8, 4) is 10.8 Å². The minimum absolute atomic E-state index is 0.0205. The monoisotopic (exact) mass is 495 g/mol. The molecule has 0 spiro atoms. The van der Waals surface area contributed by atoms with E-state index in [1.807, 2.05) is 45.3 Å². The Balaban J connectivity index is 0.000000740. The molecule has 2 heterocycles. The molecule has 0 radical (unpaired) electrons. The van der Waals surface area contributed by atoms with Gasteiger partial charge in [-0.05, 0) is 44.5 Å². The number of carbonyl (C=O) groups is 2. The van der Waals surface area contributed by atoms with Crippen LogP contribution >= 0.6 is 11.3 Å². The van der Waals surface area contributed by atoms with E-state index in [0.29, 0.717) is 18.7 Å². The molecule has 0 saturated heterocycles. The van der Waals surface area contributed by atoms with E-state index in [0.717, 1.165) is 17.9 Å². The second kappa shape index (κ2) is 17.4. The number of ether oxygens (including phenoxy) is 2. The summed E-state index contributed by atoms with van der Waals surface area (Å²) in [5.74, 6) is -0.586. The number of ketones is 1. The Bertz CT molecular complexity index is 949. The van der Waals surface area contributed by atoms with Gasteiger partial charge in [0.15, 0.2) is 10.8 Å². The molecule has 0 fully saturated rings. The molecule has 0 saturated carbocycles. The number of rotatable bonds is 10. The molecule has 0 bridgehead atoms. The van der Waals surface area contributed by atoms with Crippen LogP contribution in [0.2, 0.25) is 0 Å². The smallest absolute Gasteiger partial charge is 0.350 e. The third-order valence-electron chi connectivity index (χ3n) is 4.81. The van der Waals surface area contributed by atoms with Crippen molar-refractivity contribution in [2.45, 2.75) is 52.9 Å². The molecule has 2 aromatic rings. The van der Waals surface area contributed by atoms with Crippen LogP contribution in [0, 0.1) is 12.8 Å². The molecule has 2 atom stereocenters. The summed E-state index contributed by atoms with van der Waals surface area (Å²) in [7, 11) is 4.82. The van der Waals surface area contributed by atoms with Gasteiger partial charge < -0.3 is 24.3 Å². The topological polar surface area (TPSA) is 115 Å². The van der Waals surface area contributed by atoms with Gasteiger partial charge in [0.25, 0.3) is 6.47 Å². The van der Waals surface area contributed by atoms with Crippen LogP contribution in [0.4, 0.5) is 0 Å². The van der Waals surface area contributed by atoms with Crippen molar-refractivity contribution in [2.75, 3.05) is 21.3 Å². The Kier molecular flexibility index (Phi) is 15.8. The van der Waals surface area contributed by atoms with Gasteiger partial charge in [-0.25, -0.2) is 4.79 Å². The van der Waals surface area contributed by atoms with Gasteiger partial charge >= 0.3 is 5.63 Å². The van der Waals surface area contributed by atoms with Crippen molar-refractivity contribution in [2.24, 2.45) is 5.92 Å². The molecule has 0 aliphatic heterocycles. The number of aryl methyl sites for hydroxylation is 1. The Hall–Kier alpha value is -3.07. The average Bonchev–Trinajstić information content (AvgIpc) is 3.26. The maximum atomic E-state index is 12.1. The number of hydrogen-bond donors (Lipinski definition) is 2. The first-order chi connectivity index (χ1) is 16.2. The number of aromatic hydroxyl groups is 1. The number of carbonyl (C=O) groups excluding carboxylic acids is 2. The standard InChI is InChI=1S/C17H25NO4.C6H8OS.C2H4O2/c1-5-11(2)16(20)15-13(19)10-14(22-17(15)21)12(3)8-6-7-9-18-4;1-5-3-4-6(7-2)8-5;1-4-2-3/h7,9-12,18-19H,5-6,8H2,1-4H3;3-4H,1-2H3;2H,1H3/b9-7+;;. The van der Waals surface area contributed by atoms with Crippen molar-refractivity contribution < 1.29 is 28.6 Å². The zero-order chi connectivity index (χ0) is 26.1. The van der Waals surface area contributed by atoms with Crippen LogP contribution in [-0.2, 0) is 9.53 Å². The van der Waals surface area contributed by atoms with E-state index in [-0.39, 0.29) is 28.9 Å². The van der Waals surface area contributed by atoms with Crippen molar-refractivity contribution >= 4 is 23.6 Å². The van der Waals surface area contributed by atoms with Gasteiger partial charge in [-0.15, -0.1) is 11.3 Å².